The molecule has 0 spiro atoms. The second-order valence-electron chi connectivity index (χ2n) is 13.3. The van der Waals surface area contributed by atoms with Gasteiger partial charge in [0.2, 0.25) is 0 Å². The summed E-state index contributed by atoms with van der Waals surface area (Å²) in [4.78, 5) is 27.8. The number of methoxy groups -OCH3 is 2. The van der Waals surface area contributed by atoms with Crippen molar-refractivity contribution in [2.75, 3.05) is 27.4 Å². The Hall–Kier alpha value is -4.34. The zero-order chi connectivity index (χ0) is 38.1. The number of hydrogen-bond acceptors (Lipinski definition) is 10. The van der Waals surface area contributed by atoms with Crippen molar-refractivity contribution in [3.05, 3.63) is 128 Å². The maximum atomic E-state index is 13.1. The predicted octanol–water partition coefficient (Wildman–Crippen LogP) is 6.82. The van der Waals surface area contributed by atoms with Crippen molar-refractivity contribution in [1.29, 1.82) is 5.26 Å². The van der Waals surface area contributed by atoms with E-state index in [-0.39, 0.29) is 38.1 Å². The van der Waals surface area contributed by atoms with Crippen LogP contribution in [0.15, 0.2) is 94.6 Å². The average molecular weight is 745 g/mol. The van der Waals surface area contributed by atoms with Crippen molar-refractivity contribution < 1.29 is 28.0 Å². The molecule has 13 heteroatoms. The molecule has 1 aromatic heterocycles. The van der Waals surface area contributed by atoms with E-state index in [0.29, 0.717) is 17.1 Å². The quantitative estimate of drug-likeness (QED) is 0.0697. The number of ether oxygens (including phenoxy) is 4. The first-order chi connectivity index (χ1) is 25.5. The predicted molar refractivity (Wildman–Crippen MR) is 203 cm³/mol. The molecule has 2 heterocycles. The molecule has 2 unspecified atom stereocenters. The molecule has 0 bridgehead atoms. The molecule has 1 fully saturated rings. The van der Waals surface area contributed by atoms with E-state index < -0.39 is 43.8 Å². The molecular formula is C40H49N4O8P. The number of nitriles is 1. The highest BCUT2D eigenvalue weighted by molar-refractivity contribution is 7.44. The molecule has 1 saturated heterocycles. The molecule has 12 nitrogen and oxygen atoms in total. The largest absolute Gasteiger partial charge is 0.497 e. The number of nitrogens with one attached hydrogen (secondary N) is 1. The fourth-order valence-electron chi connectivity index (χ4n) is 6.62. The van der Waals surface area contributed by atoms with Gasteiger partial charge in [0, 0.05) is 30.3 Å². The van der Waals surface area contributed by atoms with Crippen LogP contribution in [0.2, 0.25) is 0 Å². The highest BCUT2D eigenvalue weighted by Gasteiger charge is 2.45. The van der Waals surface area contributed by atoms with Gasteiger partial charge in [0.05, 0.1) is 46.0 Å². The van der Waals surface area contributed by atoms with Gasteiger partial charge in [-0.05, 0) is 75.6 Å². The summed E-state index contributed by atoms with van der Waals surface area (Å²) in [6.07, 6.45) is -0.0783. The molecule has 1 N–H and O–H groups in total. The zero-order valence-electron chi connectivity index (χ0n) is 31.4. The van der Waals surface area contributed by atoms with Gasteiger partial charge in [-0.15, -0.1) is 0 Å². The Bertz CT molecular complexity index is 1870. The Kier molecular flexibility index (Phi) is 13.6. The summed E-state index contributed by atoms with van der Waals surface area (Å²) >= 11 is 0. The molecule has 0 amide bonds. The lowest BCUT2D eigenvalue weighted by Gasteiger charge is -2.39. The van der Waals surface area contributed by atoms with E-state index in [9.17, 15) is 14.9 Å². The van der Waals surface area contributed by atoms with Crippen LogP contribution >= 0.6 is 8.53 Å². The van der Waals surface area contributed by atoms with E-state index in [1.54, 1.807) is 21.1 Å². The second-order valence-corrected chi connectivity index (χ2v) is 14.8. The molecule has 1 aliphatic heterocycles. The Morgan fingerprint density at radius 1 is 0.925 bits per heavy atom. The minimum Gasteiger partial charge on any atom is -0.497 e. The van der Waals surface area contributed by atoms with Crippen molar-refractivity contribution >= 4 is 8.53 Å². The molecular weight excluding hydrogens is 695 g/mol. The van der Waals surface area contributed by atoms with Gasteiger partial charge in [-0.2, -0.15) is 5.26 Å². The minimum atomic E-state index is -1.67. The first-order valence-corrected chi connectivity index (χ1v) is 18.9. The van der Waals surface area contributed by atoms with Crippen molar-refractivity contribution in [3.63, 3.8) is 0 Å². The van der Waals surface area contributed by atoms with E-state index in [0.717, 1.165) is 16.7 Å². The van der Waals surface area contributed by atoms with Crippen LogP contribution in [-0.4, -0.2) is 65.9 Å². The fraction of sp³-hybridized carbons (Fsp3) is 0.425. The first-order valence-electron chi connectivity index (χ1n) is 17.7. The number of aromatic nitrogens is 2. The van der Waals surface area contributed by atoms with Crippen LogP contribution in [-0.2, 0) is 24.1 Å². The summed E-state index contributed by atoms with van der Waals surface area (Å²) in [5.41, 5.74) is 0.779. The second kappa shape index (κ2) is 18.1. The summed E-state index contributed by atoms with van der Waals surface area (Å²) in [5, 5.41) is 9.29. The van der Waals surface area contributed by atoms with Gasteiger partial charge < -0.3 is 28.0 Å². The summed E-state index contributed by atoms with van der Waals surface area (Å²) in [6.45, 7) is 10.2. The lowest BCUT2D eigenvalue weighted by atomic mass is 9.80. The number of hydrogen-bond donors (Lipinski definition) is 1. The van der Waals surface area contributed by atoms with Gasteiger partial charge in [0.1, 0.15) is 29.4 Å². The Balaban J connectivity index is 1.60. The molecule has 3 aromatic carbocycles. The van der Waals surface area contributed by atoms with Crippen molar-refractivity contribution in [3.8, 4) is 17.6 Å². The average Bonchev–Trinajstić information content (AvgIpc) is 3.56. The van der Waals surface area contributed by atoms with E-state index in [1.807, 2.05) is 78.9 Å². The van der Waals surface area contributed by atoms with Gasteiger partial charge in [0.15, 0.2) is 0 Å². The lowest BCUT2D eigenvalue weighted by molar-refractivity contribution is -0.0926. The van der Waals surface area contributed by atoms with Gasteiger partial charge >= 0.3 is 5.69 Å². The SMILES string of the molecule is COc1ccc(C(OC[C@H]2OC(n3cc(C)c(=O)[nH]c3=O)C[C@@H]2OP(OCCC#N)N(C(C)C)C(C)C)(c2ccccc2)c2ccc(OC)cc2)cc1. The molecule has 4 atom stereocenters. The van der Waals surface area contributed by atoms with Crippen molar-refractivity contribution in [2.45, 2.75) is 83.6 Å². The Labute approximate surface area is 312 Å². The zero-order valence-corrected chi connectivity index (χ0v) is 32.2. The Morgan fingerprint density at radius 2 is 1.49 bits per heavy atom. The summed E-state index contributed by atoms with van der Waals surface area (Å²) in [5.74, 6) is 1.40. The summed E-state index contributed by atoms with van der Waals surface area (Å²) in [7, 11) is 1.59. The van der Waals surface area contributed by atoms with Crippen molar-refractivity contribution in [1.82, 2.24) is 14.2 Å². The van der Waals surface area contributed by atoms with Crippen LogP contribution in [0.25, 0.3) is 0 Å². The molecule has 0 aliphatic carbocycles. The van der Waals surface area contributed by atoms with E-state index >= 15 is 0 Å². The topological polar surface area (TPSA) is 137 Å². The number of benzene rings is 3. The smallest absolute Gasteiger partial charge is 0.330 e. The highest BCUT2D eigenvalue weighted by Crippen LogP contribution is 2.50. The van der Waals surface area contributed by atoms with Crippen LogP contribution in [0.3, 0.4) is 0 Å². The van der Waals surface area contributed by atoms with Crippen LogP contribution in [0, 0.1) is 18.3 Å². The van der Waals surface area contributed by atoms with Crippen LogP contribution in [0.1, 0.15) is 69.0 Å². The maximum Gasteiger partial charge on any atom is 0.330 e. The highest BCUT2D eigenvalue weighted by atomic mass is 31.2. The van der Waals surface area contributed by atoms with Gasteiger partial charge in [-0.25, -0.2) is 9.46 Å². The standard InChI is InChI=1S/C40H49N4O8P/c1-27(2)44(28(3)4)53(50-23-11-22-41)52-35-24-37(43-25-29(5)38(45)42-39(43)46)51-36(35)26-49-40(30-12-9-8-10-13-30,31-14-18-33(47-6)19-15-31)32-16-20-34(48-7)21-17-32/h8-10,12-21,25,27-28,35-37H,11,23-24,26H2,1-7H3,(H,42,45,46)/t35-,36+,37?,53?/m0/s1. The van der Waals surface area contributed by atoms with Gasteiger partial charge in [0.25, 0.3) is 14.1 Å². The van der Waals surface area contributed by atoms with Gasteiger partial charge in [-0.1, -0.05) is 54.6 Å². The summed E-state index contributed by atoms with van der Waals surface area (Å²) < 4.78 is 41.6. The van der Waals surface area contributed by atoms with E-state index in [2.05, 4.69) is 43.4 Å². The lowest BCUT2D eigenvalue weighted by Crippen LogP contribution is -2.39. The number of aryl methyl sites for hydroxylation is 1. The van der Waals surface area contributed by atoms with E-state index in [4.69, 9.17) is 28.0 Å². The van der Waals surface area contributed by atoms with Crippen LogP contribution < -0.4 is 20.7 Å². The minimum absolute atomic E-state index is 0.0376. The first kappa shape index (κ1) is 39.9. The molecule has 0 saturated carbocycles. The third-order valence-electron chi connectivity index (χ3n) is 9.16. The number of nitrogens with zero attached hydrogens (tertiary/aromatic N) is 3. The Morgan fingerprint density at radius 3 is 2.02 bits per heavy atom. The van der Waals surface area contributed by atoms with E-state index in [1.165, 1.54) is 10.8 Å². The maximum absolute atomic E-state index is 13.1. The molecule has 282 valence electrons. The summed E-state index contributed by atoms with van der Waals surface area (Å²) in [6, 6.07) is 27.8. The molecule has 4 aromatic rings. The third kappa shape index (κ3) is 9.07. The molecule has 0 radical (unpaired) electrons. The van der Waals surface area contributed by atoms with Crippen LogP contribution in [0.4, 0.5) is 0 Å². The molecule has 1 aliphatic rings. The normalized spacial score (nSPS) is 18.0. The number of H-pyrrole nitrogens is 1. The molecule has 53 heavy (non-hydrogen) atoms. The number of rotatable bonds is 17. The van der Waals surface area contributed by atoms with Gasteiger partial charge in [-0.3, -0.25) is 14.3 Å². The number of aromatic amines is 1. The third-order valence-corrected chi connectivity index (χ3v) is 11.3. The fourth-order valence-corrected chi connectivity index (χ4v) is 8.38. The molecule has 5 rings (SSSR count). The van der Waals surface area contributed by atoms with Crippen LogP contribution in [0.5, 0.6) is 11.5 Å². The monoisotopic (exact) mass is 744 g/mol. The van der Waals surface area contributed by atoms with Crippen molar-refractivity contribution in [2.24, 2.45) is 0 Å².